The smallest absolute Gasteiger partial charge is 0.133 e. The van der Waals surface area contributed by atoms with Crippen molar-refractivity contribution < 1.29 is 9.47 Å². The van der Waals surface area contributed by atoms with Gasteiger partial charge in [-0.05, 0) is 51.0 Å². The molecule has 0 aromatic heterocycles. The molecule has 0 saturated carbocycles. The highest BCUT2D eigenvalue weighted by Crippen LogP contribution is 2.34. The zero-order valence-electron chi connectivity index (χ0n) is 8.58. The number of rotatable bonds is 2. The highest BCUT2D eigenvalue weighted by molar-refractivity contribution is 9.10. The van der Waals surface area contributed by atoms with Crippen molar-refractivity contribution in [3.05, 3.63) is 34.8 Å². The van der Waals surface area contributed by atoms with Gasteiger partial charge >= 0.3 is 0 Å². The van der Waals surface area contributed by atoms with Crippen LogP contribution >= 0.6 is 15.9 Å². The van der Waals surface area contributed by atoms with Crippen molar-refractivity contribution in [2.24, 2.45) is 0 Å². The molecule has 0 atom stereocenters. The first-order valence-corrected chi connectivity index (χ1v) is 5.36. The van der Waals surface area contributed by atoms with Crippen LogP contribution in [0.1, 0.15) is 0 Å². The normalized spacial score (nSPS) is 10.3. The number of hydrogen-bond acceptors (Lipinski definition) is 2. The topological polar surface area (TPSA) is 18.5 Å². The summed E-state index contributed by atoms with van der Waals surface area (Å²) in [5, 5.41) is 2.25. The van der Waals surface area contributed by atoms with E-state index in [-0.39, 0.29) is 0 Å². The fraction of sp³-hybridized carbons (Fsp3) is 0.167. The third-order valence-electron chi connectivity index (χ3n) is 2.35. The van der Waals surface area contributed by atoms with Crippen molar-refractivity contribution >= 4 is 26.7 Å². The van der Waals surface area contributed by atoms with E-state index >= 15 is 0 Å². The van der Waals surface area contributed by atoms with E-state index in [1.54, 1.807) is 14.2 Å². The number of benzene rings is 2. The minimum absolute atomic E-state index is 0.840. The molecule has 2 nitrogen and oxygen atoms in total. The first-order chi connectivity index (χ1) is 7.26. The summed E-state index contributed by atoms with van der Waals surface area (Å²) in [5.41, 5.74) is 0. The van der Waals surface area contributed by atoms with Crippen LogP contribution in [0.3, 0.4) is 0 Å². The van der Waals surface area contributed by atoms with Gasteiger partial charge in [-0.1, -0.05) is 6.07 Å². The summed E-state index contributed by atoms with van der Waals surface area (Å²) in [6.45, 7) is 0. The molecule has 2 aromatic carbocycles. The minimum atomic E-state index is 0.840. The molecule has 0 spiro atoms. The summed E-state index contributed by atoms with van der Waals surface area (Å²) in [6.07, 6.45) is 0. The maximum Gasteiger partial charge on any atom is 0.133 e. The third-order valence-corrected chi connectivity index (χ3v) is 3.16. The number of hydrogen-bond donors (Lipinski definition) is 0. The van der Waals surface area contributed by atoms with E-state index in [0.717, 1.165) is 26.7 Å². The number of methoxy groups -OCH3 is 2. The average molecular weight is 267 g/mol. The van der Waals surface area contributed by atoms with Crippen LogP contribution in [0.5, 0.6) is 11.5 Å². The molecule has 15 heavy (non-hydrogen) atoms. The van der Waals surface area contributed by atoms with Crippen LogP contribution in [0.25, 0.3) is 10.8 Å². The van der Waals surface area contributed by atoms with Crippen LogP contribution in [-0.2, 0) is 0 Å². The maximum absolute atomic E-state index is 5.23. The number of halogens is 1. The summed E-state index contributed by atoms with van der Waals surface area (Å²) in [5.74, 6) is 1.70. The van der Waals surface area contributed by atoms with Gasteiger partial charge in [-0.25, -0.2) is 0 Å². The van der Waals surface area contributed by atoms with E-state index in [9.17, 15) is 0 Å². The van der Waals surface area contributed by atoms with Gasteiger partial charge in [0, 0.05) is 0 Å². The van der Waals surface area contributed by atoms with Gasteiger partial charge in [0.2, 0.25) is 0 Å². The largest absolute Gasteiger partial charge is 0.497 e. The van der Waals surface area contributed by atoms with Crippen molar-refractivity contribution in [2.75, 3.05) is 14.2 Å². The zero-order valence-corrected chi connectivity index (χ0v) is 10.2. The molecular weight excluding hydrogens is 256 g/mol. The van der Waals surface area contributed by atoms with E-state index < -0.39 is 0 Å². The van der Waals surface area contributed by atoms with Crippen LogP contribution in [0.2, 0.25) is 0 Å². The Balaban J connectivity index is 2.68. The van der Waals surface area contributed by atoms with Crippen LogP contribution < -0.4 is 9.47 Å². The van der Waals surface area contributed by atoms with Gasteiger partial charge in [0.05, 0.1) is 18.7 Å². The molecule has 0 aliphatic carbocycles. The fourth-order valence-corrected chi connectivity index (χ4v) is 2.19. The summed E-state index contributed by atoms with van der Waals surface area (Å²) >= 11 is 3.52. The Bertz CT molecular complexity index is 494. The summed E-state index contributed by atoms with van der Waals surface area (Å²) in [6, 6.07) is 9.90. The first kappa shape index (κ1) is 10.3. The van der Waals surface area contributed by atoms with Gasteiger partial charge in [0.25, 0.3) is 0 Å². The lowest BCUT2D eigenvalue weighted by Gasteiger charge is -2.07. The monoisotopic (exact) mass is 266 g/mol. The summed E-state index contributed by atoms with van der Waals surface area (Å²) in [4.78, 5) is 0. The van der Waals surface area contributed by atoms with Crippen LogP contribution in [-0.4, -0.2) is 14.2 Å². The number of ether oxygens (including phenoxy) is 2. The molecule has 0 heterocycles. The standard InChI is InChI=1S/C12H11BrO2/c1-14-9-4-5-10-8(7-9)3-6-11(15-2)12(10)13/h3-7H,1-2H3. The minimum Gasteiger partial charge on any atom is -0.497 e. The summed E-state index contributed by atoms with van der Waals surface area (Å²) in [7, 11) is 3.33. The molecule has 3 heteroatoms. The third kappa shape index (κ3) is 1.79. The molecule has 0 amide bonds. The van der Waals surface area contributed by atoms with E-state index in [1.807, 2.05) is 30.3 Å². The van der Waals surface area contributed by atoms with E-state index in [4.69, 9.17) is 9.47 Å². The van der Waals surface area contributed by atoms with Gasteiger partial charge in [0.1, 0.15) is 11.5 Å². The Hall–Kier alpha value is -1.22. The molecule has 0 unspecified atom stereocenters. The van der Waals surface area contributed by atoms with Gasteiger partial charge in [-0.2, -0.15) is 0 Å². The van der Waals surface area contributed by atoms with Crippen molar-refractivity contribution in [2.45, 2.75) is 0 Å². The maximum atomic E-state index is 5.23. The van der Waals surface area contributed by atoms with Crippen molar-refractivity contribution in [1.82, 2.24) is 0 Å². The quantitative estimate of drug-likeness (QED) is 0.827. The second-order valence-electron chi connectivity index (χ2n) is 3.17. The molecule has 0 radical (unpaired) electrons. The molecule has 0 N–H and O–H groups in total. The second-order valence-corrected chi connectivity index (χ2v) is 3.96. The summed E-state index contributed by atoms with van der Waals surface area (Å²) < 4.78 is 11.4. The van der Waals surface area contributed by atoms with Gasteiger partial charge < -0.3 is 9.47 Å². The van der Waals surface area contributed by atoms with Crippen LogP contribution in [0.4, 0.5) is 0 Å². The Morgan fingerprint density at radius 1 is 1.00 bits per heavy atom. The molecule has 0 aliphatic heterocycles. The molecule has 78 valence electrons. The predicted octanol–water partition coefficient (Wildman–Crippen LogP) is 3.62. The molecule has 0 bridgehead atoms. The Labute approximate surface area is 96.9 Å². The highest BCUT2D eigenvalue weighted by atomic mass is 79.9. The van der Waals surface area contributed by atoms with Crippen LogP contribution in [0.15, 0.2) is 34.8 Å². The number of fused-ring (bicyclic) bond motifs is 1. The van der Waals surface area contributed by atoms with Crippen molar-refractivity contribution in [3.63, 3.8) is 0 Å². The van der Waals surface area contributed by atoms with Crippen molar-refractivity contribution in [3.8, 4) is 11.5 Å². The Morgan fingerprint density at radius 3 is 2.47 bits per heavy atom. The van der Waals surface area contributed by atoms with E-state index in [0.29, 0.717) is 0 Å². The fourth-order valence-electron chi connectivity index (χ4n) is 1.53. The second kappa shape index (κ2) is 4.11. The Kier molecular flexibility index (Phi) is 2.82. The molecule has 2 rings (SSSR count). The van der Waals surface area contributed by atoms with Gasteiger partial charge in [-0.15, -0.1) is 0 Å². The van der Waals surface area contributed by atoms with Gasteiger partial charge in [0.15, 0.2) is 0 Å². The first-order valence-electron chi connectivity index (χ1n) is 4.56. The predicted molar refractivity (Wildman–Crippen MR) is 64.8 cm³/mol. The highest BCUT2D eigenvalue weighted by Gasteiger charge is 2.05. The van der Waals surface area contributed by atoms with Crippen LogP contribution in [0, 0.1) is 0 Å². The van der Waals surface area contributed by atoms with Crippen molar-refractivity contribution in [1.29, 1.82) is 0 Å². The molecule has 0 fully saturated rings. The van der Waals surface area contributed by atoms with E-state index in [1.165, 1.54) is 0 Å². The molecule has 0 saturated heterocycles. The molecule has 2 aromatic rings. The Morgan fingerprint density at radius 2 is 1.80 bits per heavy atom. The SMILES string of the molecule is COc1ccc2c(Br)c(OC)ccc2c1. The average Bonchev–Trinajstić information content (AvgIpc) is 2.29. The molecule has 0 aliphatic rings. The molecular formula is C12H11BrO2. The van der Waals surface area contributed by atoms with Gasteiger partial charge in [-0.3, -0.25) is 0 Å². The lowest BCUT2D eigenvalue weighted by Crippen LogP contribution is -1.86. The zero-order chi connectivity index (χ0) is 10.8. The lowest BCUT2D eigenvalue weighted by atomic mass is 10.1. The lowest BCUT2D eigenvalue weighted by molar-refractivity contribution is 0.412. The van der Waals surface area contributed by atoms with E-state index in [2.05, 4.69) is 15.9 Å².